The largest absolute Gasteiger partial charge is 0.331 e. The van der Waals surface area contributed by atoms with E-state index in [1.54, 1.807) is 30.0 Å². The van der Waals surface area contributed by atoms with E-state index in [1.165, 1.54) is 0 Å². The van der Waals surface area contributed by atoms with Gasteiger partial charge in [0, 0.05) is 43.8 Å². The molecule has 1 saturated heterocycles. The van der Waals surface area contributed by atoms with Gasteiger partial charge in [-0.1, -0.05) is 17.7 Å². The second-order valence-corrected chi connectivity index (χ2v) is 6.30. The van der Waals surface area contributed by atoms with Gasteiger partial charge < -0.3 is 15.1 Å². The van der Waals surface area contributed by atoms with Crippen LogP contribution in [0.1, 0.15) is 18.4 Å². The Morgan fingerprint density at radius 1 is 1.27 bits per heavy atom. The number of piperidine rings is 1. The summed E-state index contributed by atoms with van der Waals surface area (Å²) in [6, 6.07) is 5.50. The zero-order valence-corrected chi connectivity index (χ0v) is 14.0. The van der Waals surface area contributed by atoms with Crippen molar-refractivity contribution in [2.24, 2.45) is 5.92 Å². The molecule has 1 aliphatic rings. The number of carbonyl (C=O) groups is 2. The van der Waals surface area contributed by atoms with E-state index in [9.17, 15) is 9.59 Å². The number of urea groups is 1. The molecule has 1 aliphatic heterocycles. The van der Waals surface area contributed by atoms with Crippen LogP contribution in [0.15, 0.2) is 18.2 Å². The van der Waals surface area contributed by atoms with E-state index in [4.69, 9.17) is 11.6 Å². The van der Waals surface area contributed by atoms with Crippen LogP contribution in [0, 0.1) is 12.8 Å². The second kappa shape index (κ2) is 7.01. The van der Waals surface area contributed by atoms with Gasteiger partial charge in [0.1, 0.15) is 0 Å². The van der Waals surface area contributed by atoms with E-state index in [2.05, 4.69) is 5.32 Å². The fraction of sp³-hybridized carbons (Fsp3) is 0.500. The van der Waals surface area contributed by atoms with E-state index >= 15 is 0 Å². The summed E-state index contributed by atoms with van der Waals surface area (Å²) < 4.78 is 0. The minimum atomic E-state index is -0.0636. The molecule has 120 valence electrons. The number of halogens is 1. The van der Waals surface area contributed by atoms with Gasteiger partial charge >= 0.3 is 6.03 Å². The summed E-state index contributed by atoms with van der Waals surface area (Å²) in [6.45, 7) is 3.15. The first kappa shape index (κ1) is 16.6. The van der Waals surface area contributed by atoms with Crippen molar-refractivity contribution in [3.05, 3.63) is 28.8 Å². The standard InChI is InChI=1S/C16H22ClN3O2/c1-11-4-5-13(10-14(11)17)18-15(21)12-6-8-20(9-7-12)16(22)19(2)3/h4-5,10,12H,6-9H2,1-3H3,(H,18,21). The molecule has 0 spiro atoms. The normalized spacial score (nSPS) is 15.5. The molecular formula is C16H22ClN3O2. The summed E-state index contributed by atoms with van der Waals surface area (Å²) in [4.78, 5) is 27.5. The number of rotatable bonds is 2. The lowest BCUT2D eigenvalue weighted by Gasteiger charge is -2.33. The molecule has 0 radical (unpaired) electrons. The van der Waals surface area contributed by atoms with Crippen molar-refractivity contribution < 1.29 is 9.59 Å². The van der Waals surface area contributed by atoms with Crippen molar-refractivity contribution in [3.63, 3.8) is 0 Å². The van der Waals surface area contributed by atoms with Gasteiger partial charge in [0.25, 0.3) is 0 Å². The molecule has 0 saturated carbocycles. The number of carbonyl (C=O) groups excluding carboxylic acids is 2. The number of nitrogens with one attached hydrogen (secondary N) is 1. The van der Waals surface area contributed by atoms with Gasteiger partial charge in [-0.05, 0) is 37.5 Å². The van der Waals surface area contributed by atoms with Crippen molar-refractivity contribution in [1.29, 1.82) is 0 Å². The third-order valence-electron chi connectivity index (χ3n) is 3.96. The molecule has 3 amide bonds. The number of anilines is 1. The molecule has 0 atom stereocenters. The Balaban J connectivity index is 1.89. The minimum absolute atomic E-state index is 0.00290. The molecule has 1 fully saturated rings. The maximum Gasteiger partial charge on any atom is 0.319 e. The molecule has 0 unspecified atom stereocenters. The number of amides is 3. The zero-order chi connectivity index (χ0) is 16.3. The molecular weight excluding hydrogens is 302 g/mol. The predicted molar refractivity (Wildman–Crippen MR) is 88.2 cm³/mol. The summed E-state index contributed by atoms with van der Waals surface area (Å²) in [6.07, 6.45) is 1.37. The van der Waals surface area contributed by atoms with E-state index < -0.39 is 0 Å². The van der Waals surface area contributed by atoms with Gasteiger partial charge in [0.05, 0.1) is 0 Å². The first-order chi connectivity index (χ1) is 10.4. The topological polar surface area (TPSA) is 52.7 Å². The lowest BCUT2D eigenvalue weighted by molar-refractivity contribution is -0.121. The van der Waals surface area contributed by atoms with Gasteiger partial charge in [0.2, 0.25) is 5.91 Å². The van der Waals surface area contributed by atoms with Gasteiger partial charge in [-0.15, -0.1) is 0 Å². The average molecular weight is 324 g/mol. The maximum absolute atomic E-state index is 12.3. The van der Waals surface area contributed by atoms with Gasteiger partial charge in [-0.3, -0.25) is 4.79 Å². The molecule has 2 rings (SSSR count). The summed E-state index contributed by atoms with van der Waals surface area (Å²) in [5.74, 6) is -0.0665. The van der Waals surface area contributed by atoms with Crippen molar-refractivity contribution in [2.75, 3.05) is 32.5 Å². The van der Waals surface area contributed by atoms with Crippen LogP contribution in [-0.4, -0.2) is 48.9 Å². The SMILES string of the molecule is Cc1ccc(NC(=O)C2CCN(C(=O)N(C)C)CC2)cc1Cl. The van der Waals surface area contributed by atoms with Crippen LogP contribution in [0.2, 0.25) is 5.02 Å². The van der Waals surface area contributed by atoms with Crippen LogP contribution < -0.4 is 5.32 Å². The Morgan fingerprint density at radius 3 is 2.45 bits per heavy atom. The predicted octanol–water partition coefficient (Wildman–Crippen LogP) is 2.98. The molecule has 0 aromatic heterocycles. The molecule has 0 bridgehead atoms. The highest BCUT2D eigenvalue weighted by Crippen LogP contribution is 2.23. The maximum atomic E-state index is 12.3. The molecule has 6 heteroatoms. The molecule has 22 heavy (non-hydrogen) atoms. The number of aryl methyl sites for hydroxylation is 1. The molecule has 1 aromatic carbocycles. The van der Waals surface area contributed by atoms with Crippen LogP contribution in [0.25, 0.3) is 0 Å². The fourth-order valence-corrected chi connectivity index (χ4v) is 2.71. The summed E-state index contributed by atoms with van der Waals surface area (Å²) in [5, 5.41) is 3.55. The third-order valence-corrected chi connectivity index (χ3v) is 4.37. The Kier molecular flexibility index (Phi) is 5.29. The Labute approximate surface area is 136 Å². The third kappa shape index (κ3) is 3.91. The van der Waals surface area contributed by atoms with E-state index in [-0.39, 0.29) is 17.9 Å². The molecule has 5 nitrogen and oxygen atoms in total. The Hall–Kier alpha value is -1.75. The van der Waals surface area contributed by atoms with Crippen molar-refractivity contribution in [2.45, 2.75) is 19.8 Å². The van der Waals surface area contributed by atoms with Crippen LogP contribution >= 0.6 is 11.6 Å². The van der Waals surface area contributed by atoms with Crippen molar-refractivity contribution in [3.8, 4) is 0 Å². The van der Waals surface area contributed by atoms with Gasteiger partial charge in [-0.2, -0.15) is 0 Å². The second-order valence-electron chi connectivity index (χ2n) is 5.89. The first-order valence-corrected chi connectivity index (χ1v) is 7.79. The summed E-state index contributed by atoms with van der Waals surface area (Å²) in [7, 11) is 3.48. The summed E-state index contributed by atoms with van der Waals surface area (Å²) >= 11 is 6.07. The number of hydrogen-bond acceptors (Lipinski definition) is 2. The Bertz CT molecular complexity index is 567. The molecule has 0 aliphatic carbocycles. The van der Waals surface area contributed by atoms with E-state index in [1.807, 2.05) is 19.1 Å². The Morgan fingerprint density at radius 2 is 1.91 bits per heavy atom. The number of likely N-dealkylation sites (tertiary alicyclic amines) is 1. The van der Waals surface area contributed by atoms with Crippen molar-refractivity contribution in [1.82, 2.24) is 9.80 Å². The van der Waals surface area contributed by atoms with Gasteiger partial charge in [-0.25, -0.2) is 4.79 Å². The average Bonchev–Trinajstić information content (AvgIpc) is 2.50. The quantitative estimate of drug-likeness (QED) is 0.909. The smallest absolute Gasteiger partial charge is 0.319 e. The highest BCUT2D eigenvalue weighted by molar-refractivity contribution is 6.31. The summed E-state index contributed by atoms with van der Waals surface area (Å²) in [5.41, 5.74) is 1.70. The van der Waals surface area contributed by atoms with Crippen LogP contribution in [0.4, 0.5) is 10.5 Å². The zero-order valence-electron chi connectivity index (χ0n) is 13.2. The highest BCUT2D eigenvalue weighted by Gasteiger charge is 2.28. The first-order valence-electron chi connectivity index (χ1n) is 7.41. The van der Waals surface area contributed by atoms with Crippen LogP contribution in [-0.2, 0) is 4.79 Å². The van der Waals surface area contributed by atoms with Gasteiger partial charge in [0.15, 0.2) is 0 Å². The number of nitrogens with zero attached hydrogens (tertiary/aromatic N) is 2. The van der Waals surface area contributed by atoms with Crippen LogP contribution in [0.5, 0.6) is 0 Å². The number of hydrogen-bond donors (Lipinski definition) is 1. The fourth-order valence-electron chi connectivity index (χ4n) is 2.53. The lowest BCUT2D eigenvalue weighted by atomic mass is 9.96. The molecule has 1 N–H and O–H groups in total. The highest BCUT2D eigenvalue weighted by atomic mass is 35.5. The monoisotopic (exact) mass is 323 g/mol. The minimum Gasteiger partial charge on any atom is -0.331 e. The molecule has 1 heterocycles. The van der Waals surface area contributed by atoms with E-state index in [0.29, 0.717) is 36.6 Å². The van der Waals surface area contributed by atoms with Crippen molar-refractivity contribution >= 4 is 29.2 Å². The number of benzene rings is 1. The van der Waals surface area contributed by atoms with Crippen LogP contribution in [0.3, 0.4) is 0 Å². The molecule has 1 aromatic rings. The lowest BCUT2D eigenvalue weighted by Crippen LogP contribution is -2.45. The van der Waals surface area contributed by atoms with E-state index in [0.717, 1.165) is 5.56 Å².